The Morgan fingerprint density at radius 1 is 1.17 bits per heavy atom. The van der Waals surface area contributed by atoms with Gasteiger partial charge in [-0.15, -0.1) is 0 Å². The molecule has 1 amide bonds. The molecule has 2 N–H and O–H groups in total. The highest BCUT2D eigenvalue weighted by Gasteiger charge is 2.42. The monoisotopic (exact) mass is 502 g/mol. The average molecular weight is 503 g/mol. The van der Waals surface area contributed by atoms with E-state index < -0.39 is 0 Å². The van der Waals surface area contributed by atoms with E-state index in [1.165, 1.54) is 6.42 Å². The van der Waals surface area contributed by atoms with E-state index in [2.05, 4.69) is 22.4 Å². The Morgan fingerprint density at radius 3 is 2.72 bits per heavy atom. The smallest absolute Gasteiger partial charge is 0.289 e. The summed E-state index contributed by atoms with van der Waals surface area (Å²) in [6, 6.07) is 15.2. The molecule has 0 atom stereocenters. The minimum Gasteiger partial charge on any atom is -0.450 e. The Labute approximate surface area is 214 Å². The molecule has 0 unspecified atom stereocenters. The summed E-state index contributed by atoms with van der Waals surface area (Å²) in [5.74, 6) is 1.42. The lowest BCUT2D eigenvalue weighted by atomic mass is 9.74. The zero-order valence-electron chi connectivity index (χ0n) is 20.1. The van der Waals surface area contributed by atoms with E-state index in [0.29, 0.717) is 22.1 Å². The van der Waals surface area contributed by atoms with E-state index in [9.17, 15) is 4.79 Å². The standard InChI is InChI=1S/C28H27ClN4O3/c1-17-30-25-21(29)13-19-14-23(35-26(19)24(25)28(31-17)11-7-4-8-12-28)27(34)33(2)16-20-15-22(36-32-20)18-9-5-3-6-10-18/h3,5-6,9-10,13-15,30-31H,1,4,7-8,11-12,16H2,2H3. The zero-order chi connectivity index (χ0) is 24.9. The third-order valence-electron chi connectivity index (χ3n) is 7.18. The minimum atomic E-state index is -0.308. The molecule has 2 aliphatic rings. The van der Waals surface area contributed by atoms with E-state index in [4.69, 9.17) is 20.5 Å². The fourth-order valence-corrected chi connectivity index (χ4v) is 5.78. The van der Waals surface area contributed by atoms with Gasteiger partial charge < -0.3 is 24.5 Å². The van der Waals surface area contributed by atoms with Gasteiger partial charge in [0.1, 0.15) is 11.3 Å². The number of fused-ring (bicyclic) bond motifs is 4. The largest absolute Gasteiger partial charge is 0.450 e. The van der Waals surface area contributed by atoms with Crippen molar-refractivity contribution in [1.82, 2.24) is 15.4 Å². The van der Waals surface area contributed by atoms with Crippen LogP contribution < -0.4 is 10.6 Å². The molecule has 1 saturated carbocycles. The summed E-state index contributed by atoms with van der Waals surface area (Å²) in [5, 5.41) is 12.4. The summed E-state index contributed by atoms with van der Waals surface area (Å²) in [7, 11) is 1.73. The van der Waals surface area contributed by atoms with Crippen LogP contribution in [0.3, 0.4) is 0 Å². The van der Waals surface area contributed by atoms with Gasteiger partial charge in [-0.2, -0.15) is 0 Å². The average Bonchev–Trinajstić information content (AvgIpc) is 3.52. The van der Waals surface area contributed by atoms with Crippen LogP contribution in [0.1, 0.15) is 53.9 Å². The van der Waals surface area contributed by atoms with Gasteiger partial charge in [0.25, 0.3) is 5.91 Å². The maximum atomic E-state index is 13.4. The normalized spacial score (nSPS) is 16.4. The van der Waals surface area contributed by atoms with Gasteiger partial charge in [0.2, 0.25) is 0 Å². The molecule has 7 nitrogen and oxygen atoms in total. The van der Waals surface area contributed by atoms with Gasteiger partial charge in [0.05, 0.1) is 28.6 Å². The Hall–Kier alpha value is -3.71. The van der Waals surface area contributed by atoms with Crippen molar-refractivity contribution in [3.05, 3.63) is 83.0 Å². The highest BCUT2D eigenvalue weighted by molar-refractivity contribution is 6.34. The van der Waals surface area contributed by atoms with Gasteiger partial charge >= 0.3 is 0 Å². The van der Waals surface area contributed by atoms with Crippen LogP contribution in [0, 0.1) is 0 Å². The number of rotatable bonds is 4. The fraction of sp³-hybridized carbons (Fsp3) is 0.286. The van der Waals surface area contributed by atoms with Crippen LogP contribution in [0.5, 0.6) is 0 Å². The van der Waals surface area contributed by atoms with E-state index in [0.717, 1.165) is 53.7 Å². The SMILES string of the molecule is C=C1Nc2c(Cl)cc3cc(C(=O)N(C)Cc4cc(-c5ccccc5)on4)oc3c2C2(CCCCC2)N1. The van der Waals surface area contributed by atoms with Crippen LogP contribution in [0.2, 0.25) is 5.02 Å². The van der Waals surface area contributed by atoms with Crippen LogP contribution in [0.25, 0.3) is 22.3 Å². The molecule has 0 radical (unpaired) electrons. The molecule has 8 heteroatoms. The first kappa shape index (κ1) is 22.7. The zero-order valence-corrected chi connectivity index (χ0v) is 20.8. The number of aromatic nitrogens is 1. The Balaban J connectivity index is 1.32. The molecular weight excluding hydrogens is 476 g/mol. The predicted molar refractivity (Wildman–Crippen MR) is 140 cm³/mol. The van der Waals surface area contributed by atoms with E-state index in [1.807, 2.05) is 42.5 Å². The second-order valence-electron chi connectivity index (χ2n) is 9.72. The highest BCUT2D eigenvalue weighted by atomic mass is 35.5. The second-order valence-corrected chi connectivity index (χ2v) is 10.1. The molecule has 4 aromatic rings. The molecule has 1 aliphatic carbocycles. The number of carbonyl (C=O) groups is 1. The number of nitrogens with zero attached hydrogens (tertiary/aromatic N) is 2. The third-order valence-corrected chi connectivity index (χ3v) is 7.48. The molecule has 6 rings (SSSR count). The van der Waals surface area contributed by atoms with Crippen LogP contribution in [-0.4, -0.2) is 23.0 Å². The van der Waals surface area contributed by atoms with E-state index >= 15 is 0 Å². The molecule has 3 heterocycles. The van der Waals surface area contributed by atoms with Crippen molar-refractivity contribution in [3.8, 4) is 11.3 Å². The summed E-state index contributed by atoms with van der Waals surface area (Å²) >= 11 is 6.71. The molecule has 0 bridgehead atoms. The topological polar surface area (TPSA) is 83.5 Å². The lowest BCUT2D eigenvalue weighted by Gasteiger charge is -2.44. The van der Waals surface area contributed by atoms with Crippen molar-refractivity contribution in [2.45, 2.75) is 44.2 Å². The summed E-state index contributed by atoms with van der Waals surface area (Å²) < 4.78 is 11.8. The van der Waals surface area contributed by atoms with Crippen molar-refractivity contribution in [3.63, 3.8) is 0 Å². The van der Waals surface area contributed by atoms with E-state index in [-0.39, 0.29) is 23.8 Å². The number of nitrogens with one attached hydrogen (secondary N) is 2. The van der Waals surface area contributed by atoms with Crippen LogP contribution >= 0.6 is 11.6 Å². The number of carbonyl (C=O) groups excluding carboxylic acids is 1. The lowest BCUT2D eigenvalue weighted by Crippen LogP contribution is -2.48. The highest BCUT2D eigenvalue weighted by Crippen LogP contribution is 2.49. The summed E-state index contributed by atoms with van der Waals surface area (Å²) in [6.07, 6.45) is 5.31. The Morgan fingerprint density at radius 2 is 1.94 bits per heavy atom. The predicted octanol–water partition coefficient (Wildman–Crippen LogP) is 6.66. The van der Waals surface area contributed by atoms with Gasteiger partial charge in [-0.1, -0.05) is 72.9 Å². The van der Waals surface area contributed by atoms with Crippen LogP contribution in [-0.2, 0) is 12.1 Å². The molecule has 2 aromatic heterocycles. The van der Waals surface area contributed by atoms with Crippen molar-refractivity contribution in [1.29, 1.82) is 0 Å². The molecule has 184 valence electrons. The van der Waals surface area contributed by atoms with Crippen molar-refractivity contribution < 1.29 is 13.7 Å². The number of amides is 1. The maximum Gasteiger partial charge on any atom is 0.289 e. The van der Waals surface area contributed by atoms with Crippen molar-refractivity contribution in [2.75, 3.05) is 12.4 Å². The van der Waals surface area contributed by atoms with Crippen LogP contribution in [0.4, 0.5) is 5.69 Å². The first-order chi connectivity index (χ1) is 17.4. The first-order valence-electron chi connectivity index (χ1n) is 12.2. The van der Waals surface area contributed by atoms with Gasteiger partial charge in [-0.05, 0) is 25.0 Å². The van der Waals surface area contributed by atoms with Gasteiger partial charge in [-0.3, -0.25) is 4.79 Å². The van der Waals surface area contributed by atoms with Crippen molar-refractivity contribution >= 4 is 34.2 Å². The molecular formula is C28H27ClN4O3. The fourth-order valence-electron chi connectivity index (χ4n) is 5.53. The van der Waals surface area contributed by atoms with Gasteiger partial charge in [0.15, 0.2) is 11.5 Å². The van der Waals surface area contributed by atoms with Crippen molar-refractivity contribution in [2.24, 2.45) is 0 Å². The summed E-state index contributed by atoms with van der Waals surface area (Å²) in [6.45, 7) is 4.41. The van der Waals surface area contributed by atoms with E-state index in [1.54, 1.807) is 18.0 Å². The molecule has 36 heavy (non-hydrogen) atoms. The lowest BCUT2D eigenvalue weighted by molar-refractivity contribution is 0.0752. The quantitative estimate of drug-likeness (QED) is 0.324. The van der Waals surface area contributed by atoms with Gasteiger partial charge in [-0.25, -0.2) is 0 Å². The third kappa shape index (κ3) is 3.84. The summed E-state index contributed by atoms with van der Waals surface area (Å²) in [5.41, 5.74) is 3.78. The number of benzene rings is 2. The minimum absolute atomic E-state index is 0.237. The molecule has 0 saturated heterocycles. The second kappa shape index (κ2) is 8.75. The molecule has 2 aromatic carbocycles. The molecule has 1 spiro atoms. The first-order valence-corrected chi connectivity index (χ1v) is 12.6. The summed E-state index contributed by atoms with van der Waals surface area (Å²) in [4.78, 5) is 14.9. The number of hydrogen-bond acceptors (Lipinski definition) is 6. The maximum absolute atomic E-state index is 13.4. The number of anilines is 1. The molecule has 1 aliphatic heterocycles. The number of hydrogen-bond donors (Lipinski definition) is 2. The number of furan rings is 1. The van der Waals surface area contributed by atoms with Gasteiger partial charge in [0, 0.05) is 29.6 Å². The van der Waals surface area contributed by atoms with Crippen LogP contribution in [0.15, 0.2) is 69.9 Å². The number of halogens is 1. The molecule has 1 fully saturated rings. The Kier molecular flexibility index (Phi) is 5.52. The Bertz CT molecular complexity index is 1470.